The first-order chi connectivity index (χ1) is 5.16. The minimum absolute atomic E-state index is 0.664. The molecule has 2 N–H and O–H groups in total. The highest BCUT2D eigenvalue weighted by atomic mass is 79.9. The van der Waals surface area contributed by atoms with Crippen LogP contribution < -0.4 is 5.73 Å². The van der Waals surface area contributed by atoms with Crippen molar-refractivity contribution in [3.05, 3.63) is 16.1 Å². The van der Waals surface area contributed by atoms with E-state index in [4.69, 9.17) is 5.73 Å². The predicted molar refractivity (Wildman–Crippen MR) is 48.4 cm³/mol. The van der Waals surface area contributed by atoms with Gasteiger partial charge in [-0.2, -0.15) is 0 Å². The van der Waals surface area contributed by atoms with E-state index in [1.54, 1.807) is 0 Å². The monoisotopic (exact) mass is 217 g/mol. The van der Waals surface area contributed by atoms with Crippen LogP contribution in [0.4, 0.5) is 0 Å². The van der Waals surface area contributed by atoms with E-state index < -0.39 is 0 Å². The molecule has 0 fully saturated rings. The van der Waals surface area contributed by atoms with Crippen LogP contribution in [0.3, 0.4) is 0 Å². The molecule has 3 nitrogen and oxygen atoms in total. The second kappa shape index (κ2) is 3.36. The Morgan fingerprint density at radius 2 is 2.27 bits per heavy atom. The summed E-state index contributed by atoms with van der Waals surface area (Å²) in [5.41, 5.74) is 6.62. The maximum Gasteiger partial charge on any atom is 0.127 e. The number of rotatable bonds is 2. The molecule has 1 aromatic rings. The van der Waals surface area contributed by atoms with Crippen molar-refractivity contribution in [1.29, 1.82) is 0 Å². The van der Waals surface area contributed by atoms with Crippen molar-refractivity contribution in [3.8, 4) is 0 Å². The van der Waals surface area contributed by atoms with E-state index in [-0.39, 0.29) is 0 Å². The van der Waals surface area contributed by atoms with Crippen LogP contribution in [0, 0.1) is 6.92 Å². The molecule has 0 unspecified atom stereocenters. The first kappa shape index (κ1) is 8.74. The third kappa shape index (κ3) is 1.62. The third-order valence-corrected chi connectivity index (χ3v) is 2.40. The number of hydrogen-bond donors (Lipinski definition) is 1. The van der Waals surface area contributed by atoms with Crippen molar-refractivity contribution in [1.82, 2.24) is 9.55 Å². The van der Waals surface area contributed by atoms with E-state index in [0.29, 0.717) is 6.54 Å². The van der Waals surface area contributed by atoms with Gasteiger partial charge in [0.25, 0.3) is 0 Å². The highest BCUT2D eigenvalue weighted by Gasteiger charge is 2.07. The van der Waals surface area contributed by atoms with Gasteiger partial charge in [0, 0.05) is 13.5 Å². The Morgan fingerprint density at radius 3 is 2.64 bits per heavy atom. The standard InChI is InChI=1S/C7H12BrN3/c1-5-10-7(8)6(3-4-9)11(5)2/h3-4,9H2,1-2H3. The van der Waals surface area contributed by atoms with Crippen molar-refractivity contribution in [3.63, 3.8) is 0 Å². The highest BCUT2D eigenvalue weighted by Crippen LogP contribution is 2.16. The lowest BCUT2D eigenvalue weighted by Gasteiger charge is -2.00. The molecule has 0 radical (unpaired) electrons. The summed E-state index contributed by atoms with van der Waals surface area (Å²) in [7, 11) is 2.00. The summed E-state index contributed by atoms with van der Waals surface area (Å²) in [5, 5.41) is 0. The normalized spacial score (nSPS) is 10.5. The number of nitrogens with two attached hydrogens (primary N) is 1. The van der Waals surface area contributed by atoms with Crippen molar-refractivity contribution >= 4 is 15.9 Å². The maximum atomic E-state index is 5.45. The highest BCUT2D eigenvalue weighted by molar-refractivity contribution is 9.10. The molecule has 11 heavy (non-hydrogen) atoms. The first-order valence-corrected chi connectivity index (χ1v) is 4.34. The Kier molecular flexibility index (Phi) is 2.67. The number of aryl methyl sites for hydroxylation is 1. The molecule has 0 aliphatic rings. The van der Waals surface area contributed by atoms with Gasteiger partial charge in [-0.15, -0.1) is 0 Å². The summed E-state index contributed by atoms with van der Waals surface area (Å²) in [5.74, 6) is 1.01. The van der Waals surface area contributed by atoms with Gasteiger partial charge in [-0.05, 0) is 29.4 Å². The second-order valence-corrected chi connectivity index (χ2v) is 3.25. The molecule has 0 saturated carbocycles. The van der Waals surface area contributed by atoms with Crippen LogP contribution in [0.5, 0.6) is 0 Å². The van der Waals surface area contributed by atoms with E-state index in [0.717, 1.165) is 16.8 Å². The molecule has 0 bridgehead atoms. The Hall–Kier alpha value is -0.350. The Bertz CT molecular complexity index is 254. The summed E-state index contributed by atoms with van der Waals surface area (Å²) in [6.45, 7) is 2.64. The lowest BCUT2D eigenvalue weighted by Crippen LogP contribution is -2.07. The van der Waals surface area contributed by atoms with Crippen LogP contribution in [0.1, 0.15) is 11.5 Å². The lowest BCUT2D eigenvalue weighted by molar-refractivity contribution is 0.775. The van der Waals surface area contributed by atoms with Gasteiger partial charge in [0.05, 0.1) is 5.69 Å². The van der Waals surface area contributed by atoms with Gasteiger partial charge in [0.15, 0.2) is 0 Å². The van der Waals surface area contributed by atoms with Crippen LogP contribution in [-0.4, -0.2) is 16.1 Å². The summed E-state index contributed by atoms with van der Waals surface area (Å²) in [6, 6.07) is 0. The lowest BCUT2D eigenvalue weighted by atomic mass is 10.3. The Morgan fingerprint density at radius 1 is 1.64 bits per heavy atom. The van der Waals surface area contributed by atoms with Crippen LogP contribution in [-0.2, 0) is 13.5 Å². The largest absolute Gasteiger partial charge is 0.334 e. The zero-order chi connectivity index (χ0) is 8.43. The van der Waals surface area contributed by atoms with E-state index in [2.05, 4.69) is 25.5 Å². The minimum atomic E-state index is 0.664. The van der Waals surface area contributed by atoms with Gasteiger partial charge in [-0.3, -0.25) is 0 Å². The smallest absolute Gasteiger partial charge is 0.127 e. The quantitative estimate of drug-likeness (QED) is 0.804. The summed E-state index contributed by atoms with van der Waals surface area (Å²) in [4.78, 5) is 4.25. The van der Waals surface area contributed by atoms with Gasteiger partial charge in [-0.25, -0.2) is 4.98 Å². The molecular formula is C7H12BrN3. The number of nitrogens with zero attached hydrogens (tertiary/aromatic N) is 2. The molecule has 4 heteroatoms. The molecule has 0 atom stereocenters. The molecule has 1 heterocycles. The average Bonchev–Trinajstić information content (AvgIpc) is 2.17. The number of hydrogen-bond acceptors (Lipinski definition) is 2. The number of imidazole rings is 1. The van der Waals surface area contributed by atoms with Crippen molar-refractivity contribution in [2.24, 2.45) is 12.8 Å². The molecule has 0 amide bonds. The molecule has 1 rings (SSSR count). The summed E-state index contributed by atoms with van der Waals surface area (Å²) in [6.07, 6.45) is 0.873. The van der Waals surface area contributed by atoms with Gasteiger partial charge in [0.1, 0.15) is 10.4 Å². The molecule has 0 aromatic carbocycles. The van der Waals surface area contributed by atoms with Gasteiger partial charge in [0.2, 0.25) is 0 Å². The molecule has 0 spiro atoms. The molecule has 0 saturated heterocycles. The molecule has 1 aromatic heterocycles. The average molecular weight is 218 g/mol. The molecule has 0 aliphatic carbocycles. The zero-order valence-corrected chi connectivity index (χ0v) is 8.35. The fraction of sp³-hybridized carbons (Fsp3) is 0.571. The Labute approximate surface area is 74.7 Å². The summed E-state index contributed by atoms with van der Waals surface area (Å²) >= 11 is 3.38. The predicted octanol–water partition coefficient (Wildman–Crippen LogP) is 0.992. The van der Waals surface area contributed by atoms with Gasteiger partial charge < -0.3 is 10.3 Å². The topological polar surface area (TPSA) is 43.8 Å². The van der Waals surface area contributed by atoms with E-state index >= 15 is 0 Å². The molecular weight excluding hydrogens is 206 g/mol. The zero-order valence-electron chi connectivity index (χ0n) is 6.76. The van der Waals surface area contributed by atoms with Crippen LogP contribution in [0.15, 0.2) is 4.60 Å². The number of aromatic nitrogens is 2. The van der Waals surface area contributed by atoms with Crippen molar-refractivity contribution in [2.75, 3.05) is 6.54 Å². The minimum Gasteiger partial charge on any atom is -0.334 e. The SMILES string of the molecule is Cc1nc(Br)c(CCN)n1C. The third-order valence-electron chi connectivity index (χ3n) is 1.77. The fourth-order valence-corrected chi connectivity index (χ4v) is 1.74. The molecule has 62 valence electrons. The second-order valence-electron chi connectivity index (χ2n) is 2.49. The number of halogens is 1. The van der Waals surface area contributed by atoms with Gasteiger partial charge in [-0.1, -0.05) is 0 Å². The van der Waals surface area contributed by atoms with Crippen molar-refractivity contribution < 1.29 is 0 Å². The van der Waals surface area contributed by atoms with E-state index in [1.165, 1.54) is 5.69 Å². The maximum absolute atomic E-state index is 5.45. The van der Waals surface area contributed by atoms with Crippen LogP contribution in [0.2, 0.25) is 0 Å². The van der Waals surface area contributed by atoms with Crippen LogP contribution in [0.25, 0.3) is 0 Å². The van der Waals surface area contributed by atoms with E-state index in [9.17, 15) is 0 Å². The Balaban J connectivity index is 3.02. The molecule has 0 aliphatic heterocycles. The van der Waals surface area contributed by atoms with Crippen molar-refractivity contribution in [2.45, 2.75) is 13.3 Å². The summed E-state index contributed by atoms with van der Waals surface area (Å²) < 4.78 is 2.97. The first-order valence-electron chi connectivity index (χ1n) is 3.54. The van der Waals surface area contributed by atoms with Crippen LogP contribution >= 0.6 is 15.9 Å². The fourth-order valence-electron chi connectivity index (χ4n) is 1.02. The van der Waals surface area contributed by atoms with E-state index in [1.807, 2.05) is 14.0 Å². The van der Waals surface area contributed by atoms with Gasteiger partial charge >= 0.3 is 0 Å².